The van der Waals surface area contributed by atoms with Gasteiger partial charge in [0.2, 0.25) is 6.79 Å². The second kappa shape index (κ2) is 8.10. The number of ether oxygens (including phenoxy) is 3. The molecule has 1 fully saturated rings. The normalized spacial score (nSPS) is 17.4. The van der Waals surface area contributed by atoms with E-state index in [0.29, 0.717) is 19.9 Å². The second-order valence-corrected chi connectivity index (χ2v) is 7.31. The molecule has 0 N–H and O–H groups in total. The van der Waals surface area contributed by atoms with E-state index in [1.54, 1.807) is 0 Å². The van der Waals surface area contributed by atoms with E-state index < -0.39 is 6.10 Å². The van der Waals surface area contributed by atoms with Crippen molar-refractivity contribution in [3.63, 3.8) is 0 Å². The molecule has 6 nitrogen and oxygen atoms in total. The molecular formula is C22H26N2O4. The summed E-state index contributed by atoms with van der Waals surface area (Å²) >= 11 is 0. The van der Waals surface area contributed by atoms with E-state index in [9.17, 15) is 4.79 Å². The van der Waals surface area contributed by atoms with Crippen LogP contribution in [-0.2, 0) is 11.3 Å². The lowest BCUT2D eigenvalue weighted by molar-refractivity contribution is -0.139. The molecular weight excluding hydrogens is 356 g/mol. The molecule has 1 amide bonds. The number of hydrogen-bond acceptors (Lipinski definition) is 5. The number of piperazine rings is 1. The molecule has 1 atom stereocenters. The van der Waals surface area contributed by atoms with Crippen LogP contribution in [0, 0.1) is 6.92 Å². The third-order valence-corrected chi connectivity index (χ3v) is 5.27. The molecule has 0 aromatic heterocycles. The zero-order chi connectivity index (χ0) is 19.5. The molecule has 0 bridgehead atoms. The van der Waals surface area contributed by atoms with Crippen molar-refractivity contribution in [2.75, 3.05) is 33.0 Å². The molecule has 0 saturated carbocycles. The van der Waals surface area contributed by atoms with Gasteiger partial charge in [-0.3, -0.25) is 9.69 Å². The average molecular weight is 382 g/mol. The number of hydrogen-bond donors (Lipinski definition) is 0. The number of carbonyl (C=O) groups is 1. The lowest BCUT2D eigenvalue weighted by Gasteiger charge is -2.36. The fourth-order valence-corrected chi connectivity index (χ4v) is 3.61. The van der Waals surface area contributed by atoms with Crippen LogP contribution in [0.2, 0.25) is 0 Å². The van der Waals surface area contributed by atoms with Crippen molar-refractivity contribution in [1.29, 1.82) is 0 Å². The van der Waals surface area contributed by atoms with Crippen molar-refractivity contribution in [3.8, 4) is 17.2 Å². The van der Waals surface area contributed by atoms with Crippen LogP contribution < -0.4 is 14.2 Å². The molecule has 0 radical (unpaired) electrons. The number of para-hydroxylation sites is 1. The predicted octanol–water partition coefficient (Wildman–Crippen LogP) is 2.84. The Bertz CT molecular complexity index is 846. The van der Waals surface area contributed by atoms with Gasteiger partial charge in [-0.2, -0.15) is 0 Å². The minimum absolute atomic E-state index is 0.0472. The maximum atomic E-state index is 12.8. The van der Waals surface area contributed by atoms with Gasteiger partial charge in [0, 0.05) is 32.7 Å². The maximum absolute atomic E-state index is 12.8. The summed E-state index contributed by atoms with van der Waals surface area (Å²) in [6.07, 6.45) is -0.485. The highest BCUT2D eigenvalue weighted by Gasteiger charge is 2.26. The van der Waals surface area contributed by atoms with Crippen LogP contribution >= 0.6 is 0 Å². The summed E-state index contributed by atoms with van der Waals surface area (Å²) < 4.78 is 16.7. The van der Waals surface area contributed by atoms with Crippen LogP contribution in [0.3, 0.4) is 0 Å². The van der Waals surface area contributed by atoms with Gasteiger partial charge in [0.15, 0.2) is 17.6 Å². The van der Waals surface area contributed by atoms with Crippen molar-refractivity contribution < 1.29 is 19.0 Å². The topological polar surface area (TPSA) is 51.2 Å². The number of fused-ring (bicyclic) bond motifs is 1. The molecule has 4 rings (SSSR count). The molecule has 148 valence electrons. The van der Waals surface area contributed by atoms with Crippen LogP contribution in [0.4, 0.5) is 0 Å². The molecule has 0 aliphatic carbocycles. The van der Waals surface area contributed by atoms with Gasteiger partial charge >= 0.3 is 0 Å². The average Bonchev–Trinajstić information content (AvgIpc) is 3.17. The van der Waals surface area contributed by atoms with Crippen molar-refractivity contribution in [2.24, 2.45) is 0 Å². The SMILES string of the molecule is Cc1ccccc1OC(C)C(=O)N1CCN(Cc2ccc3c(c2)OCO3)CC1. The minimum atomic E-state index is -0.485. The standard InChI is InChI=1S/C22H26N2O4/c1-16-5-3-4-6-19(16)28-17(2)22(25)24-11-9-23(10-12-24)14-18-7-8-20-21(13-18)27-15-26-20/h3-8,13,17H,9-12,14-15H2,1-2H3. The fourth-order valence-electron chi connectivity index (χ4n) is 3.61. The molecule has 0 spiro atoms. The van der Waals surface area contributed by atoms with Crippen molar-refractivity contribution in [3.05, 3.63) is 53.6 Å². The molecule has 2 aromatic carbocycles. The molecule has 28 heavy (non-hydrogen) atoms. The molecule has 2 aromatic rings. The van der Waals surface area contributed by atoms with Crippen molar-refractivity contribution >= 4 is 5.91 Å². The van der Waals surface area contributed by atoms with Crippen LogP contribution in [-0.4, -0.2) is 54.8 Å². The van der Waals surface area contributed by atoms with Gasteiger partial charge in [-0.25, -0.2) is 0 Å². The van der Waals surface area contributed by atoms with Gasteiger partial charge in [0.05, 0.1) is 0 Å². The van der Waals surface area contributed by atoms with E-state index in [-0.39, 0.29) is 5.91 Å². The summed E-state index contributed by atoms with van der Waals surface area (Å²) in [7, 11) is 0. The number of amides is 1. The van der Waals surface area contributed by atoms with E-state index in [1.807, 2.05) is 55.1 Å². The van der Waals surface area contributed by atoms with Crippen LogP contribution in [0.1, 0.15) is 18.1 Å². The maximum Gasteiger partial charge on any atom is 0.263 e. The largest absolute Gasteiger partial charge is 0.481 e. The van der Waals surface area contributed by atoms with Crippen LogP contribution in [0.5, 0.6) is 17.2 Å². The van der Waals surface area contributed by atoms with Gasteiger partial charge in [0.1, 0.15) is 5.75 Å². The third kappa shape index (κ3) is 4.07. The molecule has 1 saturated heterocycles. The number of aryl methyl sites for hydroxylation is 1. The Morgan fingerprint density at radius 3 is 2.61 bits per heavy atom. The summed E-state index contributed by atoms with van der Waals surface area (Å²) in [5, 5.41) is 0. The predicted molar refractivity (Wildman–Crippen MR) is 106 cm³/mol. The van der Waals surface area contributed by atoms with Crippen LogP contribution in [0.25, 0.3) is 0 Å². The second-order valence-electron chi connectivity index (χ2n) is 7.31. The number of rotatable bonds is 5. The summed E-state index contributed by atoms with van der Waals surface area (Å²) in [5.41, 5.74) is 2.23. The first kappa shape index (κ1) is 18.6. The third-order valence-electron chi connectivity index (χ3n) is 5.27. The first-order valence-corrected chi connectivity index (χ1v) is 9.72. The number of nitrogens with zero attached hydrogens (tertiary/aromatic N) is 2. The van der Waals surface area contributed by atoms with E-state index in [2.05, 4.69) is 11.0 Å². The summed E-state index contributed by atoms with van der Waals surface area (Å²) in [6, 6.07) is 13.9. The highest BCUT2D eigenvalue weighted by atomic mass is 16.7. The summed E-state index contributed by atoms with van der Waals surface area (Å²) in [6.45, 7) is 8.07. The Labute approximate surface area is 165 Å². The lowest BCUT2D eigenvalue weighted by Crippen LogP contribution is -2.51. The first-order valence-electron chi connectivity index (χ1n) is 9.72. The van der Waals surface area contributed by atoms with E-state index in [4.69, 9.17) is 14.2 Å². The van der Waals surface area contributed by atoms with Gasteiger partial charge in [-0.1, -0.05) is 24.3 Å². The Balaban J connectivity index is 1.28. The lowest BCUT2D eigenvalue weighted by atomic mass is 10.1. The van der Waals surface area contributed by atoms with E-state index >= 15 is 0 Å². The minimum Gasteiger partial charge on any atom is -0.481 e. The monoisotopic (exact) mass is 382 g/mol. The fraction of sp³-hybridized carbons (Fsp3) is 0.409. The Morgan fingerprint density at radius 2 is 1.82 bits per heavy atom. The van der Waals surface area contributed by atoms with Crippen molar-refractivity contribution in [1.82, 2.24) is 9.80 Å². The summed E-state index contributed by atoms with van der Waals surface area (Å²) in [5.74, 6) is 2.44. The van der Waals surface area contributed by atoms with Gasteiger partial charge in [-0.15, -0.1) is 0 Å². The Kier molecular flexibility index (Phi) is 5.39. The first-order chi connectivity index (χ1) is 13.6. The zero-order valence-electron chi connectivity index (χ0n) is 16.4. The van der Waals surface area contributed by atoms with Crippen molar-refractivity contribution in [2.45, 2.75) is 26.5 Å². The summed E-state index contributed by atoms with van der Waals surface area (Å²) in [4.78, 5) is 17.0. The molecule has 2 aliphatic rings. The molecule has 2 heterocycles. The van der Waals surface area contributed by atoms with E-state index in [1.165, 1.54) is 5.56 Å². The highest BCUT2D eigenvalue weighted by molar-refractivity contribution is 5.81. The molecule has 2 aliphatic heterocycles. The van der Waals surface area contributed by atoms with E-state index in [0.717, 1.165) is 42.4 Å². The van der Waals surface area contributed by atoms with Gasteiger partial charge in [0.25, 0.3) is 5.91 Å². The van der Waals surface area contributed by atoms with Gasteiger partial charge < -0.3 is 19.1 Å². The quantitative estimate of drug-likeness (QED) is 0.796. The highest BCUT2D eigenvalue weighted by Crippen LogP contribution is 2.32. The number of carbonyl (C=O) groups excluding carboxylic acids is 1. The number of benzene rings is 2. The molecule has 6 heteroatoms. The van der Waals surface area contributed by atoms with Gasteiger partial charge in [-0.05, 0) is 43.2 Å². The van der Waals surface area contributed by atoms with Crippen LogP contribution in [0.15, 0.2) is 42.5 Å². The zero-order valence-corrected chi connectivity index (χ0v) is 16.4. The Hall–Kier alpha value is -2.73. The molecule has 1 unspecified atom stereocenters. The smallest absolute Gasteiger partial charge is 0.263 e. The Morgan fingerprint density at radius 1 is 1.07 bits per heavy atom.